The molecule has 2 aliphatic rings. The van der Waals surface area contributed by atoms with E-state index < -0.39 is 0 Å². The Kier molecular flexibility index (Phi) is 3.19. The molecule has 0 N–H and O–H groups in total. The third-order valence-electron chi connectivity index (χ3n) is 4.80. The summed E-state index contributed by atoms with van der Waals surface area (Å²) in [4.78, 5) is 18.2. The third-order valence-corrected chi connectivity index (χ3v) is 4.80. The number of amides is 1. The Balaban J connectivity index is 1.46. The van der Waals surface area contributed by atoms with Crippen LogP contribution < -0.4 is 4.90 Å². The maximum Gasteiger partial charge on any atom is 0.278 e. The zero-order valence-corrected chi connectivity index (χ0v) is 13.7. The smallest absolute Gasteiger partial charge is 0.278 e. The number of nitrogens with zero attached hydrogens (tertiary/aromatic N) is 5. The van der Waals surface area contributed by atoms with Crippen molar-refractivity contribution >= 4 is 11.6 Å². The molecule has 0 aliphatic carbocycles. The van der Waals surface area contributed by atoms with E-state index in [2.05, 4.69) is 15.2 Å². The van der Waals surface area contributed by atoms with E-state index in [-0.39, 0.29) is 5.91 Å². The second kappa shape index (κ2) is 5.54. The Hall–Kier alpha value is -2.96. The molecule has 25 heavy (non-hydrogen) atoms. The van der Waals surface area contributed by atoms with Gasteiger partial charge in [-0.05, 0) is 37.5 Å². The molecule has 7 nitrogen and oxygen atoms in total. The number of aromatic nitrogens is 4. The quantitative estimate of drug-likeness (QED) is 0.735. The highest BCUT2D eigenvalue weighted by atomic mass is 16.5. The summed E-state index contributed by atoms with van der Waals surface area (Å²) in [5, 5.41) is 8.62. The van der Waals surface area contributed by atoms with Gasteiger partial charge in [0.2, 0.25) is 11.7 Å². The number of hydrogen-bond acceptors (Lipinski definition) is 5. The molecule has 0 atom stereocenters. The lowest BCUT2D eigenvalue weighted by Gasteiger charge is -2.15. The Bertz CT molecular complexity index is 937. The highest BCUT2D eigenvalue weighted by molar-refractivity contribution is 5.95. The van der Waals surface area contributed by atoms with Gasteiger partial charge in [-0.1, -0.05) is 17.3 Å². The van der Waals surface area contributed by atoms with E-state index in [1.807, 2.05) is 39.9 Å². The number of benzene rings is 1. The zero-order valence-electron chi connectivity index (χ0n) is 13.7. The largest absolute Gasteiger partial charge is 0.332 e. The van der Waals surface area contributed by atoms with Gasteiger partial charge in [-0.2, -0.15) is 10.1 Å². The molecule has 0 spiro atoms. The fourth-order valence-electron chi connectivity index (χ4n) is 3.54. The van der Waals surface area contributed by atoms with Crippen molar-refractivity contribution in [2.45, 2.75) is 32.2 Å². The van der Waals surface area contributed by atoms with Crippen molar-refractivity contribution in [1.82, 2.24) is 19.9 Å². The lowest BCUT2D eigenvalue weighted by atomic mass is 10.2. The standard InChI is InChI=1S/C18H17N5O2/c24-16-7-3-8-22(16)13-5-1-4-12(10-13)17-19-18(25-21-17)15-11-14-6-2-9-23(14)20-15/h1,4-5,10-11H,2-3,6-9H2. The summed E-state index contributed by atoms with van der Waals surface area (Å²) in [6, 6.07) is 9.73. The minimum atomic E-state index is 0.165. The lowest BCUT2D eigenvalue weighted by molar-refractivity contribution is -0.117. The van der Waals surface area contributed by atoms with E-state index in [0.717, 1.165) is 49.3 Å². The van der Waals surface area contributed by atoms with E-state index >= 15 is 0 Å². The molecular formula is C18H17N5O2. The summed E-state index contributed by atoms with van der Waals surface area (Å²) in [7, 11) is 0. The SMILES string of the molecule is O=C1CCCN1c1cccc(-c2noc(-c3cc4n(n3)CCC4)n2)c1. The summed E-state index contributed by atoms with van der Waals surface area (Å²) >= 11 is 0. The summed E-state index contributed by atoms with van der Waals surface area (Å²) in [6.07, 6.45) is 3.70. The van der Waals surface area contributed by atoms with Gasteiger partial charge in [0.1, 0.15) is 0 Å². The van der Waals surface area contributed by atoms with Crippen LogP contribution in [0.3, 0.4) is 0 Å². The highest BCUT2D eigenvalue weighted by Crippen LogP contribution is 2.28. The fourth-order valence-corrected chi connectivity index (χ4v) is 3.54. The number of carbonyl (C=O) groups is 1. The molecule has 0 unspecified atom stereocenters. The van der Waals surface area contributed by atoms with Crippen LogP contribution >= 0.6 is 0 Å². The molecule has 5 rings (SSSR count). The molecule has 126 valence electrons. The van der Waals surface area contributed by atoms with Gasteiger partial charge < -0.3 is 9.42 Å². The minimum Gasteiger partial charge on any atom is -0.332 e. The molecule has 2 aliphatic heterocycles. The molecule has 0 bridgehead atoms. The first kappa shape index (κ1) is 14.4. The molecule has 4 heterocycles. The summed E-state index contributed by atoms with van der Waals surface area (Å²) < 4.78 is 7.41. The van der Waals surface area contributed by atoms with Crippen molar-refractivity contribution in [3.63, 3.8) is 0 Å². The second-order valence-electron chi connectivity index (χ2n) is 6.47. The Morgan fingerprint density at radius 3 is 2.84 bits per heavy atom. The van der Waals surface area contributed by atoms with Crippen molar-refractivity contribution in [2.24, 2.45) is 0 Å². The maximum absolute atomic E-state index is 11.9. The van der Waals surface area contributed by atoms with Crippen LogP contribution in [0.5, 0.6) is 0 Å². The van der Waals surface area contributed by atoms with Crippen LogP contribution in [0.25, 0.3) is 23.0 Å². The van der Waals surface area contributed by atoms with E-state index in [1.54, 1.807) is 0 Å². The van der Waals surface area contributed by atoms with Crippen LogP contribution in [0.2, 0.25) is 0 Å². The molecule has 1 fully saturated rings. The highest BCUT2D eigenvalue weighted by Gasteiger charge is 2.23. The van der Waals surface area contributed by atoms with Crippen molar-refractivity contribution in [1.29, 1.82) is 0 Å². The van der Waals surface area contributed by atoms with Crippen LogP contribution in [-0.2, 0) is 17.8 Å². The van der Waals surface area contributed by atoms with Gasteiger partial charge in [0.15, 0.2) is 5.69 Å². The van der Waals surface area contributed by atoms with Crippen LogP contribution in [0, 0.1) is 0 Å². The fraction of sp³-hybridized carbons (Fsp3) is 0.333. The monoisotopic (exact) mass is 335 g/mol. The molecule has 2 aromatic heterocycles. The molecule has 7 heteroatoms. The predicted molar refractivity (Wildman–Crippen MR) is 90.9 cm³/mol. The average Bonchev–Trinajstić information content (AvgIpc) is 3.38. The zero-order chi connectivity index (χ0) is 16.8. The number of anilines is 1. The first-order valence-corrected chi connectivity index (χ1v) is 8.59. The number of hydrogen-bond donors (Lipinski definition) is 0. The summed E-state index contributed by atoms with van der Waals surface area (Å²) in [6.45, 7) is 1.71. The van der Waals surface area contributed by atoms with E-state index in [1.165, 1.54) is 5.69 Å². The number of rotatable bonds is 3. The van der Waals surface area contributed by atoms with Crippen molar-refractivity contribution < 1.29 is 9.32 Å². The van der Waals surface area contributed by atoms with Gasteiger partial charge in [0.25, 0.3) is 5.89 Å². The van der Waals surface area contributed by atoms with Gasteiger partial charge >= 0.3 is 0 Å². The molecular weight excluding hydrogens is 318 g/mol. The van der Waals surface area contributed by atoms with E-state index in [9.17, 15) is 4.79 Å². The molecule has 0 saturated carbocycles. The summed E-state index contributed by atoms with van der Waals surface area (Å²) in [5.41, 5.74) is 3.65. The van der Waals surface area contributed by atoms with Crippen LogP contribution in [0.15, 0.2) is 34.9 Å². The first-order valence-electron chi connectivity index (χ1n) is 8.59. The minimum absolute atomic E-state index is 0.165. The second-order valence-corrected chi connectivity index (χ2v) is 6.47. The van der Waals surface area contributed by atoms with Crippen molar-refractivity contribution in [3.8, 4) is 23.0 Å². The van der Waals surface area contributed by atoms with Gasteiger partial charge in [-0.3, -0.25) is 9.48 Å². The first-order chi connectivity index (χ1) is 12.3. The molecule has 1 aromatic carbocycles. The molecule has 1 amide bonds. The van der Waals surface area contributed by atoms with E-state index in [4.69, 9.17) is 4.52 Å². The van der Waals surface area contributed by atoms with E-state index in [0.29, 0.717) is 18.1 Å². The molecule has 1 saturated heterocycles. The number of aryl methyl sites for hydroxylation is 2. The third kappa shape index (κ3) is 2.43. The maximum atomic E-state index is 11.9. The number of fused-ring (bicyclic) bond motifs is 1. The molecule has 3 aromatic rings. The summed E-state index contributed by atoms with van der Waals surface area (Å²) in [5.74, 6) is 1.11. The van der Waals surface area contributed by atoms with Gasteiger partial charge in [0.05, 0.1) is 0 Å². The van der Waals surface area contributed by atoms with Gasteiger partial charge in [0, 0.05) is 36.5 Å². The normalized spacial score (nSPS) is 16.6. The van der Waals surface area contributed by atoms with Crippen LogP contribution in [-0.4, -0.2) is 32.4 Å². The predicted octanol–water partition coefficient (Wildman–Crippen LogP) is 2.67. The Morgan fingerprint density at radius 1 is 1.08 bits per heavy atom. The van der Waals surface area contributed by atoms with Gasteiger partial charge in [-0.25, -0.2) is 0 Å². The topological polar surface area (TPSA) is 77.0 Å². The van der Waals surface area contributed by atoms with Crippen LogP contribution in [0.1, 0.15) is 25.0 Å². The van der Waals surface area contributed by atoms with Crippen molar-refractivity contribution in [2.75, 3.05) is 11.4 Å². The number of carbonyl (C=O) groups excluding carboxylic acids is 1. The van der Waals surface area contributed by atoms with Crippen LogP contribution in [0.4, 0.5) is 5.69 Å². The molecule has 0 radical (unpaired) electrons. The lowest BCUT2D eigenvalue weighted by Crippen LogP contribution is -2.23. The van der Waals surface area contributed by atoms with Gasteiger partial charge in [-0.15, -0.1) is 0 Å². The Labute approximate surface area is 144 Å². The average molecular weight is 335 g/mol. The van der Waals surface area contributed by atoms with Crippen molar-refractivity contribution in [3.05, 3.63) is 36.0 Å². The Morgan fingerprint density at radius 2 is 2.00 bits per heavy atom.